The molecule has 0 saturated carbocycles. The van der Waals surface area contributed by atoms with Gasteiger partial charge in [-0.05, 0) is 87.4 Å². The normalized spacial score (nSPS) is 16.3. The van der Waals surface area contributed by atoms with Crippen LogP contribution in [-0.4, -0.2) is 69.0 Å². The molecule has 205 valence electrons. The van der Waals surface area contributed by atoms with E-state index >= 15 is 0 Å². The molecule has 2 aromatic rings. The Morgan fingerprint density at radius 1 is 0.949 bits per heavy atom. The third kappa shape index (κ3) is 9.89. The van der Waals surface area contributed by atoms with E-state index in [0.717, 1.165) is 52.3 Å². The van der Waals surface area contributed by atoms with Gasteiger partial charge in [-0.25, -0.2) is 0 Å². The topological polar surface area (TPSA) is 83.5 Å². The molecule has 1 N–H and O–H groups in total. The predicted octanol–water partition coefficient (Wildman–Crippen LogP) is 0.766. The Hall–Kier alpha value is -0.295. The Labute approximate surface area is 275 Å². The molecule has 7 nitrogen and oxygen atoms in total. The molecule has 3 radical (unpaired) electrons. The minimum absolute atomic E-state index is 0. The summed E-state index contributed by atoms with van der Waals surface area (Å²) in [6.07, 6.45) is 2.71. The molecular weight excluding hydrogens is 640 g/mol. The molecule has 13 heteroatoms. The molecule has 0 bridgehead atoms. The van der Waals surface area contributed by atoms with Crippen molar-refractivity contribution in [2.24, 2.45) is 0 Å². The van der Waals surface area contributed by atoms with E-state index in [9.17, 15) is 9.82 Å². The average Bonchev–Trinajstić information content (AvgIpc) is 3.34. The Kier molecular flexibility index (Phi) is 16.0. The van der Waals surface area contributed by atoms with Crippen LogP contribution in [-0.2, 0) is 20.6 Å². The van der Waals surface area contributed by atoms with Crippen molar-refractivity contribution in [1.29, 1.82) is 0 Å². The number of ether oxygens (including phenoxy) is 2. The maximum atomic E-state index is 11.3. The smallest absolute Gasteiger partial charge is 1.00 e. The van der Waals surface area contributed by atoms with Gasteiger partial charge in [-0.2, -0.15) is 0 Å². The van der Waals surface area contributed by atoms with Gasteiger partial charge in [0.1, 0.15) is 17.8 Å². The fourth-order valence-corrected chi connectivity index (χ4v) is 4.15. The number of carbonyl (C=O) groups excluding carboxylic acids is 1. The number of benzene rings is 2. The number of rotatable bonds is 10. The van der Waals surface area contributed by atoms with Crippen LogP contribution in [0.2, 0.25) is 0 Å². The molecule has 2 heterocycles. The minimum Gasteiger partial charge on any atom is -1.00 e. The van der Waals surface area contributed by atoms with Crippen LogP contribution in [0.5, 0.6) is 11.5 Å². The second-order valence-corrected chi connectivity index (χ2v) is 11.4. The number of carbonyl (C=O) groups is 1. The zero-order chi connectivity index (χ0) is 27.1. The molecule has 4 rings (SSSR count). The van der Waals surface area contributed by atoms with Crippen molar-refractivity contribution in [2.75, 3.05) is 23.9 Å². The van der Waals surface area contributed by atoms with Gasteiger partial charge in [-0.1, -0.05) is 37.9 Å². The first-order valence-electron chi connectivity index (χ1n) is 12.4. The molecule has 0 amide bonds. The fourth-order valence-electron chi connectivity index (χ4n) is 3.70. The van der Waals surface area contributed by atoms with Gasteiger partial charge in [0.25, 0.3) is 0 Å². The standard InChI is InChI=1S/C16H22BBrO4.C10H12BBrO3.B.Na.H/c1-15(2)16(3,4)22-17(21-15)14-10-13(20-9-5-8-18)7-6-12(14)11-19;12-4-1-5-14-9-3-2-8-7-15-11(13)10(8)6-9;;;/h6-7,10-11H,5,8-9H2,1-4H3;2-3,6,13H,1,4-5,7H2;;;/q;;;+1;-1. The Balaban J connectivity index is 0.000000748. The van der Waals surface area contributed by atoms with Crippen molar-refractivity contribution in [2.45, 2.75) is 58.3 Å². The average molecular weight is 675 g/mol. The van der Waals surface area contributed by atoms with Crippen molar-refractivity contribution in [3.63, 3.8) is 0 Å². The third-order valence-corrected chi connectivity index (χ3v) is 7.69. The van der Waals surface area contributed by atoms with Gasteiger partial charge in [0.2, 0.25) is 0 Å². The zero-order valence-electron chi connectivity index (χ0n) is 24.4. The van der Waals surface area contributed by atoms with Crippen LogP contribution in [0, 0.1) is 0 Å². The van der Waals surface area contributed by atoms with Crippen LogP contribution in [0.25, 0.3) is 0 Å². The van der Waals surface area contributed by atoms with Crippen LogP contribution < -0.4 is 50.0 Å². The molecule has 0 spiro atoms. The van der Waals surface area contributed by atoms with Crippen LogP contribution >= 0.6 is 31.9 Å². The third-order valence-electron chi connectivity index (χ3n) is 6.57. The van der Waals surface area contributed by atoms with E-state index in [1.807, 2.05) is 52.0 Å². The number of hydrogen-bond donors (Lipinski definition) is 1. The van der Waals surface area contributed by atoms with Crippen molar-refractivity contribution in [3.8, 4) is 11.5 Å². The van der Waals surface area contributed by atoms with Crippen LogP contribution in [0.1, 0.15) is 57.9 Å². The van der Waals surface area contributed by atoms with Gasteiger partial charge in [0, 0.05) is 24.6 Å². The Bertz CT molecular complexity index is 1050. The molecule has 1 fully saturated rings. The molecule has 39 heavy (non-hydrogen) atoms. The largest absolute Gasteiger partial charge is 1.00 e. The summed E-state index contributed by atoms with van der Waals surface area (Å²) in [6.45, 7) is 9.75. The van der Waals surface area contributed by atoms with E-state index in [1.165, 1.54) is 0 Å². The van der Waals surface area contributed by atoms with Crippen LogP contribution in [0.3, 0.4) is 0 Å². The Morgan fingerprint density at radius 3 is 1.97 bits per heavy atom. The van der Waals surface area contributed by atoms with Crippen molar-refractivity contribution in [1.82, 2.24) is 0 Å². The maximum Gasteiger partial charge on any atom is 1.00 e. The number of hydrogen-bond acceptors (Lipinski definition) is 7. The van der Waals surface area contributed by atoms with E-state index in [-0.39, 0.29) is 39.4 Å². The van der Waals surface area contributed by atoms with Gasteiger partial charge < -0.3 is 29.9 Å². The van der Waals surface area contributed by atoms with Crippen LogP contribution in [0.15, 0.2) is 36.4 Å². The molecule has 0 atom stereocenters. The predicted molar refractivity (Wildman–Crippen MR) is 161 cm³/mol. The van der Waals surface area contributed by atoms with Gasteiger partial charge >= 0.3 is 43.8 Å². The number of fused-ring (bicyclic) bond motifs is 1. The summed E-state index contributed by atoms with van der Waals surface area (Å²) in [5, 5.41) is 11.3. The molecule has 0 aliphatic carbocycles. The number of alkyl halides is 2. The number of halogens is 2. The van der Waals surface area contributed by atoms with E-state index in [4.69, 9.17) is 23.4 Å². The summed E-state index contributed by atoms with van der Waals surface area (Å²) in [6, 6.07) is 11.1. The summed E-state index contributed by atoms with van der Waals surface area (Å²) in [5.41, 5.74) is 2.26. The molecule has 1 saturated heterocycles. The summed E-state index contributed by atoms with van der Waals surface area (Å²) >= 11 is 6.71. The molecule has 2 aliphatic rings. The first-order chi connectivity index (χ1) is 17.6. The minimum atomic E-state index is -0.792. The summed E-state index contributed by atoms with van der Waals surface area (Å²) < 4.78 is 28.4. The monoisotopic (exact) mass is 673 g/mol. The SMILES string of the molecule is CC1(C)OB(c2cc(OCCCBr)ccc2C=O)OC1(C)C.OB1OCc2ccc(OCCCBr)cc21.[B].[H-].[Na+]. The van der Waals surface area contributed by atoms with Crippen molar-refractivity contribution >= 4 is 71.7 Å². The number of aldehydes is 1. The summed E-state index contributed by atoms with van der Waals surface area (Å²) in [4.78, 5) is 11.3. The first-order valence-corrected chi connectivity index (χ1v) is 14.6. The molecular formula is C26H35B3Br2NaO7. The van der Waals surface area contributed by atoms with Crippen molar-refractivity contribution < 1.29 is 64.2 Å². The van der Waals surface area contributed by atoms with Gasteiger partial charge in [-0.3, -0.25) is 4.79 Å². The van der Waals surface area contributed by atoms with Crippen LogP contribution in [0.4, 0.5) is 0 Å². The summed E-state index contributed by atoms with van der Waals surface area (Å²) in [5.74, 6) is 1.51. The van der Waals surface area contributed by atoms with Crippen molar-refractivity contribution in [3.05, 3.63) is 47.5 Å². The van der Waals surface area contributed by atoms with E-state index in [0.29, 0.717) is 30.8 Å². The van der Waals surface area contributed by atoms with Gasteiger partial charge in [0.05, 0.1) is 31.0 Å². The molecule has 0 unspecified atom stereocenters. The molecule has 2 aromatic carbocycles. The summed E-state index contributed by atoms with van der Waals surface area (Å²) in [7, 11) is -1.36. The van der Waals surface area contributed by atoms with Gasteiger partial charge in [0.15, 0.2) is 0 Å². The second-order valence-electron chi connectivity index (χ2n) is 9.80. The van der Waals surface area contributed by atoms with Gasteiger partial charge in [-0.15, -0.1) is 0 Å². The molecule has 0 aromatic heterocycles. The van der Waals surface area contributed by atoms with E-state index in [1.54, 1.807) is 12.1 Å². The zero-order valence-corrected chi connectivity index (χ0v) is 28.5. The van der Waals surface area contributed by atoms with E-state index in [2.05, 4.69) is 31.9 Å². The Morgan fingerprint density at radius 2 is 1.46 bits per heavy atom. The second kappa shape index (κ2) is 17.0. The molecule has 2 aliphatic heterocycles. The fraction of sp³-hybridized carbons (Fsp3) is 0.500. The quantitative estimate of drug-likeness (QED) is 0.173. The maximum absolute atomic E-state index is 11.3. The van der Waals surface area contributed by atoms with E-state index < -0.39 is 25.4 Å². The first kappa shape index (κ1) is 36.7.